The number of ether oxygens (including phenoxy) is 1. The lowest BCUT2D eigenvalue weighted by molar-refractivity contribution is 0.252. The van der Waals surface area contributed by atoms with Crippen LogP contribution >= 0.6 is 0 Å². The lowest BCUT2D eigenvalue weighted by atomic mass is 10.3. The van der Waals surface area contributed by atoms with Gasteiger partial charge in [-0.3, -0.25) is 0 Å². The van der Waals surface area contributed by atoms with Gasteiger partial charge in [0.05, 0.1) is 12.8 Å². The molecule has 0 heterocycles. The first-order valence-corrected chi connectivity index (χ1v) is 5.05. The number of carbonyl (C=O) groups is 1. The summed E-state index contributed by atoms with van der Waals surface area (Å²) in [5.41, 5.74) is 0.105. The monoisotopic (exact) mass is 226 g/mol. The molecule has 1 aromatic rings. The Labute approximate surface area is 93.8 Å². The molecule has 0 atom stereocenters. The number of urea groups is 1. The van der Waals surface area contributed by atoms with Crippen LogP contribution in [0.2, 0.25) is 0 Å². The van der Waals surface area contributed by atoms with E-state index < -0.39 is 11.8 Å². The Hall–Kier alpha value is -1.78. The topological polar surface area (TPSA) is 50.4 Å². The van der Waals surface area contributed by atoms with Crippen molar-refractivity contribution in [1.29, 1.82) is 0 Å². The van der Waals surface area contributed by atoms with Gasteiger partial charge >= 0.3 is 6.03 Å². The van der Waals surface area contributed by atoms with E-state index in [-0.39, 0.29) is 5.69 Å². The van der Waals surface area contributed by atoms with Gasteiger partial charge in [-0.15, -0.1) is 0 Å². The van der Waals surface area contributed by atoms with Crippen LogP contribution in [0.4, 0.5) is 14.9 Å². The van der Waals surface area contributed by atoms with Crippen LogP contribution in [0.1, 0.15) is 13.3 Å². The number of methoxy groups -OCH3 is 1. The second kappa shape index (κ2) is 5.95. The summed E-state index contributed by atoms with van der Waals surface area (Å²) in [6.07, 6.45) is 0.827. The summed E-state index contributed by atoms with van der Waals surface area (Å²) in [5.74, 6) is -0.000333. The van der Waals surface area contributed by atoms with Crippen molar-refractivity contribution in [2.24, 2.45) is 0 Å². The third kappa shape index (κ3) is 3.42. The molecule has 0 saturated carbocycles. The molecule has 0 spiro atoms. The molecule has 2 N–H and O–H groups in total. The molecule has 0 saturated heterocycles. The van der Waals surface area contributed by atoms with Gasteiger partial charge in [0.25, 0.3) is 0 Å². The molecule has 0 fully saturated rings. The van der Waals surface area contributed by atoms with Crippen LogP contribution in [0.15, 0.2) is 18.2 Å². The molecule has 5 heteroatoms. The molecule has 16 heavy (non-hydrogen) atoms. The van der Waals surface area contributed by atoms with E-state index in [2.05, 4.69) is 10.6 Å². The predicted molar refractivity (Wildman–Crippen MR) is 60.3 cm³/mol. The number of hydrogen-bond acceptors (Lipinski definition) is 2. The van der Waals surface area contributed by atoms with E-state index in [1.807, 2.05) is 6.92 Å². The minimum atomic E-state index is -0.493. The Morgan fingerprint density at radius 2 is 2.25 bits per heavy atom. The van der Waals surface area contributed by atoms with Gasteiger partial charge in [-0.25, -0.2) is 9.18 Å². The maximum absolute atomic E-state index is 13.3. The van der Waals surface area contributed by atoms with Gasteiger partial charge in [-0.05, 0) is 18.6 Å². The molecule has 2 amide bonds. The molecule has 0 unspecified atom stereocenters. The maximum Gasteiger partial charge on any atom is 0.319 e. The average molecular weight is 226 g/mol. The second-order valence-electron chi connectivity index (χ2n) is 3.23. The summed E-state index contributed by atoms with van der Waals surface area (Å²) in [5, 5.41) is 5.00. The largest absolute Gasteiger partial charge is 0.497 e. The lowest BCUT2D eigenvalue weighted by Crippen LogP contribution is -2.29. The van der Waals surface area contributed by atoms with Crippen molar-refractivity contribution < 1.29 is 13.9 Å². The number of halogens is 1. The molecule has 0 radical (unpaired) electrons. The van der Waals surface area contributed by atoms with Gasteiger partial charge in [0.1, 0.15) is 11.6 Å². The fourth-order valence-electron chi connectivity index (χ4n) is 1.13. The van der Waals surface area contributed by atoms with Crippen molar-refractivity contribution >= 4 is 11.7 Å². The zero-order valence-corrected chi connectivity index (χ0v) is 9.34. The molecular weight excluding hydrogens is 211 g/mol. The van der Waals surface area contributed by atoms with Crippen LogP contribution in [0.25, 0.3) is 0 Å². The maximum atomic E-state index is 13.3. The molecule has 0 aromatic heterocycles. The van der Waals surface area contributed by atoms with E-state index in [1.54, 1.807) is 0 Å². The number of amides is 2. The number of carbonyl (C=O) groups excluding carboxylic acids is 1. The summed E-state index contributed by atoms with van der Waals surface area (Å²) in [4.78, 5) is 11.3. The van der Waals surface area contributed by atoms with Gasteiger partial charge in [0.2, 0.25) is 0 Å². The minimum absolute atomic E-state index is 0.105. The quantitative estimate of drug-likeness (QED) is 0.828. The second-order valence-corrected chi connectivity index (χ2v) is 3.23. The highest BCUT2D eigenvalue weighted by atomic mass is 19.1. The van der Waals surface area contributed by atoms with E-state index in [4.69, 9.17) is 4.74 Å². The third-order valence-electron chi connectivity index (χ3n) is 1.96. The molecule has 0 aliphatic heterocycles. The number of anilines is 1. The van der Waals surface area contributed by atoms with E-state index in [9.17, 15) is 9.18 Å². The van der Waals surface area contributed by atoms with Crippen molar-refractivity contribution in [2.45, 2.75) is 13.3 Å². The van der Waals surface area contributed by atoms with Crippen LogP contribution in [0.3, 0.4) is 0 Å². The highest BCUT2D eigenvalue weighted by molar-refractivity contribution is 5.89. The summed E-state index contributed by atoms with van der Waals surface area (Å²) < 4.78 is 18.2. The highest BCUT2D eigenvalue weighted by Gasteiger charge is 2.07. The standard InChI is InChI=1S/C11H15FN2O2/c1-3-6-13-11(15)14-10-7-8(16-2)4-5-9(10)12/h4-5,7H,3,6H2,1-2H3,(H2,13,14,15). The Bertz CT molecular complexity index is 369. The summed E-state index contributed by atoms with van der Waals surface area (Å²) in [6.45, 7) is 2.49. The third-order valence-corrected chi connectivity index (χ3v) is 1.96. The van der Waals surface area contributed by atoms with Gasteiger partial charge < -0.3 is 15.4 Å². The zero-order chi connectivity index (χ0) is 12.0. The summed E-state index contributed by atoms with van der Waals surface area (Å²) in [6, 6.07) is 3.74. The normalized spacial score (nSPS) is 9.69. The molecule has 4 nitrogen and oxygen atoms in total. The van der Waals surface area contributed by atoms with E-state index >= 15 is 0 Å². The van der Waals surface area contributed by atoms with Crippen LogP contribution < -0.4 is 15.4 Å². The molecule has 0 aliphatic carbocycles. The number of rotatable bonds is 4. The van der Waals surface area contributed by atoms with Gasteiger partial charge in [0, 0.05) is 12.6 Å². The first-order valence-electron chi connectivity index (χ1n) is 5.05. The lowest BCUT2D eigenvalue weighted by Gasteiger charge is -2.08. The van der Waals surface area contributed by atoms with Crippen molar-refractivity contribution in [3.63, 3.8) is 0 Å². The van der Waals surface area contributed by atoms with Gasteiger partial charge in [-0.1, -0.05) is 6.92 Å². The number of benzene rings is 1. The zero-order valence-electron chi connectivity index (χ0n) is 9.34. The Morgan fingerprint density at radius 3 is 2.88 bits per heavy atom. The van der Waals surface area contributed by atoms with Gasteiger partial charge in [-0.2, -0.15) is 0 Å². The Kier molecular flexibility index (Phi) is 4.57. The minimum Gasteiger partial charge on any atom is -0.497 e. The number of hydrogen-bond donors (Lipinski definition) is 2. The Morgan fingerprint density at radius 1 is 1.50 bits per heavy atom. The van der Waals surface area contributed by atoms with E-state index in [1.165, 1.54) is 25.3 Å². The van der Waals surface area contributed by atoms with Crippen LogP contribution in [-0.2, 0) is 0 Å². The van der Waals surface area contributed by atoms with Crippen molar-refractivity contribution in [3.05, 3.63) is 24.0 Å². The highest BCUT2D eigenvalue weighted by Crippen LogP contribution is 2.20. The fraction of sp³-hybridized carbons (Fsp3) is 0.364. The SMILES string of the molecule is CCCNC(=O)Nc1cc(OC)ccc1F. The summed E-state index contributed by atoms with van der Waals surface area (Å²) in [7, 11) is 1.48. The molecular formula is C11H15FN2O2. The average Bonchev–Trinajstić information content (AvgIpc) is 2.29. The molecule has 88 valence electrons. The van der Waals surface area contributed by atoms with Crippen LogP contribution in [0.5, 0.6) is 5.75 Å². The Balaban J connectivity index is 2.68. The molecule has 1 rings (SSSR count). The predicted octanol–water partition coefficient (Wildman–Crippen LogP) is 2.37. The smallest absolute Gasteiger partial charge is 0.319 e. The van der Waals surface area contributed by atoms with Crippen molar-refractivity contribution in [3.8, 4) is 5.75 Å². The number of nitrogens with one attached hydrogen (secondary N) is 2. The molecule has 0 aliphatic rings. The summed E-state index contributed by atoms with van der Waals surface area (Å²) >= 11 is 0. The van der Waals surface area contributed by atoms with Crippen molar-refractivity contribution in [1.82, 2.24) is 5.32 Å². The molecule has 0 bridgehead atoms. The van der Waals surface area contributed by atoms with Crippen LogP contribution in [0, 0.1) is 5.82 Å². The molecule has 1 aromatic carbocycles. The van der Waals surface area contributed by atoms with Crippen LogP contribution in [-0.4, -0.2) is 19.7 Å². The van der Waals surface area contributed by atoms with E-state index in [0.717, 1.165) is 6.42 Å². The van der Waals surface area contributed by atoms with Crippen molar-refractivity contribution in [2.75, 3.05) is 19.0 Å². The van der Waals surface area contributed by atoms with E-state index in [0.29, 0.717) is 12.3 Å². The fourth-order valence-corrected chi connectivity index (χ4v) is 1.13. The first kappa shape index (κ1) is 12.3. The first-order chi connectivity index (χ1) is 7.67. The van der Waals surface area contributed by atoms with Gasteiger partial charge in [0.15, 0.2) is 0 Å².